The van der Waals surface area contributed by atoms with Crippen LogP contribution in [0.25, 0.3) is 0 Å². The summed E-state index contributed by atoms with van der Waals surface area (Å²) >= 11 is 0. The molecule has 0 bridgehead atoms. The molecule has 0 N–H and O–H groups in total. The number of fused-ring (bicyclic) bond motifs is 1. The van der Waals surface area contributed by atoms with Crippen molar-refractivity contribution >= 4 is 11.8 Å². The molecule has 0 unspecified atom stereocenters. The third-order valence-electron chi connectivity index (χ3n) is 6.20. The molecule has 0 radical (unpaired) electrons. The first-order valence-corrected chi connectivity index (χ1v) is 10.5. The van der Waals surface area contributed by atoms with Gasteiger partial charge in [0.2, 0.25) is 0 Å². The fraction of sp³-hybridized carbons (Fsp3) is 0.750. The molecule has 148 valence electrons. The van der Waals surface area contributed by atoms with Gasteiger partial charge < -0.3 is 19.3 Å². The molecule has 0 aromatic carbocycles. The highest BCUT2D eigenvalue weighted by atomic mass is 16.2. The standard InChI is InChI=1S/C20H31N5O2/c1-22-12-14-24(15-13-22)20(27)18-21-17(16-8-4-7-11-25(16)18)19(26)23-9-5-2-3-6-10-23/h2-15H2,1H3. The Kier molecular flexibility index (Phi) is 5.48. The van der Waals surface area contributed by atoms with Crippen LogP contribution in [-0.2, 0) is 13.0 Å². The van der Waals surface area contributed by atoms with E-state index in [1.807, 2.05) is 14.4 Å². The van der Waals surface area contributed by atoms with Crippen LogP contribution in [-0.4, -0.2) is 82.4 Å². The molecule has 0 atom stereocenters. The van der Waals surface area contributed by atoms with Crippen molar-refractivity contribution in [2.75, 3.05) is 46.3 Å². The number of carbonyl (C=O) groups is 2. The number of aromatic nitrogens is 2. The average molecular weight is 374 g/mol. The normalized spacial score (nSPS) is 21.7. The molecule has 3 aliphatic heterocycles. The molecular formula is C20H31N5O2. The fourth-order valence-corrected chi connectivity index (χ4v) is 4.45. The number of carbonyl (C=O) groups excluding carboxylic acids is 2. The quantitative estimate of drug-likeness (QED) is 0.790. The van der Waals surface area contributed by atoms with Gasteiger partial charge in [-0.15, -0.1) is 0 Å². The van der Waals surface area contributed by atoms with Crippen LogP contribution >= 0.6 is 0 Å². The number of likely N-dealkylation sites (tertiary alicyclic amines) is 1. The van der Waals surface area contributed by atoms with Crippen molar-refractivity contribution in [3.05, 3.63) is 17.2 Å². The minimum atomic E-state index is -0.0128. The van der Waals surface area contributed by atoms with E-state index in [0.29, 0.717) is 11.5 Å². The molecule has 1 aromatic heterocycles. The zero-order valence-corrected chi connectivity index (χ0v) is 16.5. The van der Waals surface area contributed by atoms with Gasteiger partial charge in [0, 0.05) is 45.8 Å². The molecule has 0 aliphatic carbocycles. The van der Waals surface area contributed by atoms with Crippen molar-refractivity contribution < 1.29 is 9.59 Å². The number of imidazole rings is 1. The van der Waals surface area contributed by atoms with E-state index < -0.39 is 0 Å². The van der Waals surface area contributed by atoms with Gasteiger partial charge in [0.1, 0.15) is 5.69 Å². The Hall–Kier alpha value is -1.89. The van der Waals surface area contributed by atoms with Crippen LogP contribution in [0.2, 0.25) is 0 Å². The molecule has 7 nitrogen and oxygen atoms in total. The Balaban J connectivity index is 1.61. The monoisotopic (exact) mass is 373 g/mol. The van der Waals surface area contributed by atoms with Crippen LogP contribution in [0.4, 0.5) is 0 Å². The maximum Gasteiger partial charge on any atom is 0.289 e. The lowest BCUT2D eigenvalue weighted by Gasteiger charge is -2.32. The summed E-state index contributed by atoms with van der Waals surface area (Å²) in [5, 5.41) is 0. The predicted molar refractivity (Wildman–Crippen MR) is 103 cm³/mol. The Morgan fingerprint density at radius 3 is 2.07 bits per heavy atom. The van der Waals surface area contributed by atoms with Crippen LogP contribution in [0, 0.1) is 0 Å². The highest BCUT2D eigenvalue weighted by molar-refractivity contribution is 5.97. The van der Waals surface area contributed by atoms with Gasteiger partial charge >= 0.3 is 0 Å². The molecule has 3 aliphatic rings. The minimum absolute atomic E-state index is 0.0128. The second-order valence-electron chi connectivity index (χ2n) is 8.14. The van der Waals surface area contributed by atoms with Crippen molar-refractivity contribution in [1.82, 2.24) is 24.3 Å². The van der Waals surface area contributed by atoms with E-state index in [1.54, 1.807) is 0 Å². The third-order valence-corrected chi connectivity index (χ3v) is 6.20. The van der Waals surface area contributed by atoms with Gasteiger partial charge in [-0.25, -0.2) is 4.98 Å². The number of nitrogens with zero attached hydrogens (tertiary/aromatic N) is 5. The van der Waals surface area contributed by atoms with Gasteiger partial charge in [0.25, 0.3) is 11.8 Å². The number of hydrogen-bond acceptors (Lipinski definition) is 4. The lowest BCUT2D eigenvalue weighted by molar-refractivity contribution is 0.0645. The zero-order chi connectivity index (χ0) is 18.8. The van der Waals surface area contributed by atoms with Crippen molar-refractivity contribution in [2.24, 2.45) is 0 Å². The second kappa shape index (κ2) is 8.00. The topological polar surface area (TPSA) is 61.7 Å². The summed E-state index contributed by atoms with van der Waals surface area (Å²) < 4.78 is 2.04. The molecule has 0 spiro atoms. The summed E-state index contributed by atoms with van der Waals surface area (Å²) in [6, 6.07) is 0. The molecule has 2 fully saturated rings. The van der Waals surface area contributed by atoms with Crippen LogP contribution in [0.15, 0.2) is 0 Å². The smallest absolute Gasteiger partial charge is 0.289 e. The summed E-state index contributed by atoms with van der Waals surface area (Å²) in [5.41, 5.74) is 1.52. The van der Waals surface area contributed by atoms with E-state index in [0.717, 1.165) is 83.6 Å². The van der Waals surface area contributed by atoms with Crippen molar-refractivity contribution in [2.45, 2.75) is 51.5 Å². The van der Waals surface area contributed by atoms with E-state index >= 15 is 0 Å². The minimum Gasteiger partial charge on any atom is -0.337 e. The van der Waals surface area contributed by atoms with Crippen molar-refractivity contribution in [3.8, 4) is 0 Å². The van der Waals surface area contributed by atoms with Gasteiger partial charge in [-0.2, -0.15) is 0 Å². The molecule has 2 amide bonds. The van der Waals surface area contributed by atoms with Crippen molar-refractivity contribution in [3.63, 3.8) is 0 Å². The first-order valence-electron chi connectivity index (χ1n) is 10.5. The van der Waals surface area contributed by atoms with Crippen LogP contribution in [0.3, 0.4) is 0 Å². The van der Waals surface area contributed by atoms with Crippen LogP contribution in [0.5, 0.6) is 0 Å². The van der Waals surface area contributed by atoms with E-state index in [9.17, 15) is 9.59 Å². The Bertz CT molecular complexity index is 697. The highest BCUT2D eigenvalue weighted by Gasteiger charge is 2.32. The molecular weight excluding hydrogens is 342 g/mol. The molecule has 0 saturated carbocycles. The molecule has 1 aromatic rings. The predicted octanol–water partition coefficient (Wildman–Crippen LogP) is 1.62. The largest absolute Gasteiger partial charge is 0.337 e. The second-order valence-corrected chi connectivity index (χ2v) is 8.14. The first-order chi connectivity index (χ1) is 13.1. The summed E-state index contributed by atoms with van der Waals surface area (Å²) in [5.74, 6) is 0.494. The van der Waals surface area contributed by atoms with Gasteiger partial charge in [0.15, 0.2) is 5.82 Å². The summed E-state index contributed by atoms with van der Waals surface area (Å²) in [4.78, 5) is 37.1. The summed E-state index contributed by atoms with van der Waals surface area (Å²) in [6.45, 7) is 5.65. The first kappa shape index (κ1) is 18.5. The van der Waals surface area contributed by atoms with Gasteiger partial charge in [-0.1, -0.05) is 12.8 Å². The highest BCUT2D eigenvalue weighted by Crippen LogP contribution is 2.24. The SMILES string of the molecule is CN1CCN(C(=O)c2nc(C(=O)N3CCCCCC3)c3n2CCCC3)CC1. The maximum atomic E-state index is 13.2. The Labute approximate surface area is 161 Å². The number of amides is 2. The van der Waals surface area contributed by atoms with Crippen LogP contribution < -0.4 is 0 Å². The molecule has 7 heteroatoms. The lowest BCUT2D eigenvalue weighted by atomic mass is 10.1. The summed E-state index contributed by atoms with van der Waals surface area (Å²) in [6.07, 6.45) is 7.47. The van der Waals surface area contributed by atoms with Crippen LogP contribution in [0.1, 0.15) is 65.3 Å². The molecule has 27 heavy (non-hydrogen) atoms. The Morgan fingerprint density at radius 1 is 0.741 bits per heavy atom. The van der Waals surface area contributed by atoms with E-state index in [4.69, 9.17) is 0 Å². The Morgan fingerprint density at radius 2 is 1.37 bits per heavy atom. The van der Waals surface area contributed by atoms with Gasteiger partial charge in [-0.3, -0.25) is 9.59 Å². The van der Waals surface area contributed by atoms with Gasteiger partial charge in [-0.05, 0) is 39.2 Å². The van der Waals surface area contributed by atoms with Gasteiger partial charge in [0.05, 0.1) is 5.69 Å². The molecule has 4 heterocycles. The number of piperazine rings is 1. The number of likely N-dealkylation sites (N-methyl/N-ethyl adjacent to an activating group) is 1. The average Bonchev–Trinajstić information content (AvgIpc) is 2.87. The van der Waals surface area contributed by atoms with E-state index in [1.165, 1.54) is 12.8 Å². The number of hydrogen-bond donors (Lipinski definition) is 0. The van der Waals surface area contributed by atoms with E-state index in [2.05, 4.69) is 16.9 Å². The fourth-order valence-electron chi connectivity index (χ4n) is 4.45. The lowest BCUT2D eigenvalue weighted by Crippen LogP contribution is -2.47. The zero-order valence-electron chi connectivity index (χ0n) is 16.5. The molecule has 4 rings (SSSR count). The number of rotatable bonds is 2. The molecule has 2 saturated heterocycles. The third kappa shape index (κ3) is 3.74. The summed E-state index contributed by atoms with van der Waals surface area (Å²) in [7, 11) is 2.08. The van der Waals surface area contributed by atoms with E-state index in [-0.39, 0.29) is 11.8 Å². The maximum absolute atomic E-state index is 13.2. The van der Waals surface area contributed by atoms with Crippen molar-refractivity contribution in [1.29, 1.82) is 0 Å².